The summed E-state index contributed by atoms with van der Waals surface area (Å²) in [4.78, 5) is 1.96. The van der Waals surface area contributed by atoms with Gasteiger partial charge in [-0.2, -0.15) is 0 Å². The van der Waals surface area contributed by atoms with Gasteiger partial charge in [0, 0.05) is 14.1 Å². The molecule has 0 aliphatic rings. The largest absolute Gasteiger partial charge is 0.383 e. The highest BCUT2D eigenvalue weighted by molar-refractivity contribution is 5.25. The van der Waals surface area contributed by atoms with E-state index in [2.05, 4.69) is 12.3 Å². The van der Waals surface area contributed by atoms with Crippen molar-refractivity contribution in [3.63, 3.8) is 0 Å². The van der Waals surface area contributed by atoms with Gasteiger partial charge in [-0.15, -0.1) is 0 Å². The highest BCUT2D eigenvalue weighted by Crippen LogP contribution is 1.93. The standard InChI is InChI=1S/C8H14N2/c1-8(4-6-9)5-7-10(2)3/h4-7H,1,9H2,2-3H3/p+1/b6-4-,7-5+. The summed E-state index contributed by atoms with van der Waals surface area (Å²) < 4.78 is 0. The van der Waals surface area contributed by atoms with Crippen molar-refractivity contribution in [1.82, 2.24) is 4.90 Å². The van der Waals surface area contributed by atoms with Crippen molar-refractivity contribution in [1.29, 1.82) is 0 Å². The first kappa shape index (κ1) is 8.98. The van der Waals surface area contributed by atoms with Gasteiger partial charge < -0.3 is 10.6 Å². The average Bonchev–Trinajstić information content (AvgIpc) is 1.85. The van der Waals surface area contributed by atoms with Gasteiger partial charge in [-0.1, -0.05) is 6.58 Å². The predicted molar refractivity (Wildman–Crippen MR) is 44.0 cm³/mol. The van der Waals surface area contributed by atoms with Crippen LogP contribution in [0.15, 0.2) is 36.7 Å². The molecule has 2 heteroatoms. The molecule has 0 amide bonds. The molecule has 0 rings (SSSR count). The van der Waals surface area contributed by atoms with Crippen molar-refractivity contribution in [3.05, 3.63) is 36.7 Å². The third-order valence-corrected chi connectivity index (χ3v) is 0.919. The Morgan fingerprint density at radius 2 is 2.00 bits per heavy atom. The summed E-state index contributed by atoms with van der Waals surface area (Å²) in [5, 5.41) is 0. The van der Waals surface area contributed by atoms with E-state index < -0.39 is 0 Å². The molecule has 0 radical (unpaired) electrons. The summed E-state index contributed by atoms with van der Waals surface area (Å²) in [6.07, 6.45) is 7.46. The van der Waals surface area contributed by atoms with E-state index in [4.69, 9.17) is 0 Å². The molecule has 0 aliphatic heterocycles. The molecule has 0 unspecified atom stereocenters. The highest BCUT2D eigenvalue weighted by Gasteiger charge is 1.79. The van der Waals surface area contributed by atoms with E-state index in [1.54, 1.807) is 6.20 Å². The van der Waals surface area contributed by atoms with E-state index in [0.29, 0.717) is 0 Å². The van der Waals surface area contributed by atoms with Crippen LogP contribution in [-0.2, 0) is 0 Å². The van der Waals surface area contributed by atoms with Gasteiger partial charge in [0.05, 0.1) is 6.20 Å². The maximum atomic E-state index is 3.78. The summed E-state index contributed by atoms with van der Waals surface area (Å²) in [5.74, 6) is 0. The van der Waals surface area contributed by atoms with E-state index in [1.165, 1.54) is 0 Å². The molecule has 0 bridgehead atoms. The lowest BCUT2D eigenvalue weighted by Crippen LogP contribution is -2.39. The van der Waals surface area contributed by atoms with Gasteiger partial charge in [-0.05, 0) is 23.9 Å². The molecule has 0 aromatic rings. The molecule has 0 atom stereocenters. The summed E-state index contributed by atoms with van der Waals surface area (Å²) in [5.41, 5.74) is 4.53. The molecule has 0 heterocycles. The van der Waals surface area contributed by atoms with Gasteiger partial charge in [0.25, 0.3) is 0 Å². The molecule has 2 nitrogen and oxygen atoms in total. The minimum Gasteiger partial charge on any atom is -0.383 e. The van der Waals surface area contributed by atoms with Crippen molar-refractivity contribution in [3.8, 4) is 0 Å². The van der Waals surface area contributed by atoms with E-state index in [0.717, 1.165) is 5.57 Å². The molecular weight excluding hydrogens is 124 g/mol. The van der Waals surface area contributed by atoms with Crippen molar-refractivity contribution >= 4 is 0 Å². The van der Waals surface area contributed by atoms with E-state index >= 15 is 0 Å². The first-order valence-corrected chi connectivity index (χ1v) is 3.16. The quantitative estimate of drug-likeness (QED) is 0.563. The Labute approximate surface area is 62.3 Å². The maximum Gasteiger partial charge on any atom is 0.0915 e. The number of rotatable bonds is 3. The van der Waals surface area contributed by atoms with Crippen LogP contribution in [0.25, 0.3) is 0 Å². The second kappa shape index (κ2) is 4.82. The van der Waals surface area contributed by atoms with Gasteiger partial charge in [0.2, 0.25) is 0 Å². The number of hydrogen-bond acceptors (Lipinski definition) is 1. The SMILES string of the molecule is C=C(/C=C\[NH3+])/C=C/N(C)C. The third kappa shape index (κ3) is 5.12. The summed E-state index contributed by atoms with van der Waals surface area (Å²) >= 11 is 0. The molecule has 0 aromatic heterocycles. The lowest BCUT2D eigenvalue weighted by atomic mass is 10.3. The second-order valence-electron chi connectivity index (χ2n) is 2.26. The van der Waals surface area contributed by atoms with E-state index in [1.807, 2.05) is 37.3 Å². The zero-order valence-corrected chi connectivity index (χ0v) is 6.67. The van der Waals surface area contributed by atoms with Crippen molar-refractivity contribution in [2.45, 2.75) is 0 Å². The Bertz CT molecular complexity index is 155. The second-order valence-corrected chi connectivity index (χ2v) is 2.26. The number of nitrogens with zero attached hydrogens (tertiary/aromatic N) is 1. The Hall–Kier alpha value is -1.02. The van der Waals surface area contributed by atoms with Crippen molar-refractivity contribution in [2.75, 3.05) is 14.1 Å². The topological polar surface area (TPSA) is 30.9 Å². The van der Waals surface area contributed by atoms with Crippen LogP contribution in [0, 0.1) is 0 Å². The molecule has 0 saturated carbocycles. The van der Waals surface area contributed by atoms with Crippen LogP contribution in [0.4, 0.5) is 0 Å². The highest BCUT2D eigenvalue weighted by atomic mass is 15.0. The Morgan fingerprint density at radius 3 is 2.40 bits per heavy atom. The fourth-order valence-electron chi connectivity index (χ4n) is 0.452. The predicted octanol–water partition coefficient (Wildman–Crippen LogP) is 0.373. The van der Waals surface area contributed by atoms with Crippen LogP contribution in [0.2, 0.25) is 0 Å². The summed E-state index contributed by atoms with van der Waals surface area (Å²) in [7, 11) is 3.94. The van der Waals surface area contributed by atoms with Crippen LogP contribution < -0.4 is 5.73 Å². The van der Waals surface area contributed by atoms with E-state index in [9.17, 15) is 0 Å². The molecule has 56 valence electrons. The van der Waals surface area contributed by atoms with Crippen LogP contribution >= 0.6 is 0 Å². The minimum absolute atomic E-state index is 0.962. The number of hydrogen-bond donors (Lipinski definition) is 1. The molecule has 0 fully saturated rings. The molecule has 0 spiro atoms. The van der Waals surface area contributed by atoms with Crippen LogP contribution in [0.5, 0.6) is 0 Å². The fraction of sp³-hybridized carbons (Fsp3) is 0.250. The Balaban J connectivity index is 3.78. The van der Waals surface area contributed by atoms with Crippen LogP contribution in [0.3, 0.4) is 0 Å². The zero-order chi connectivity index (χ0) is 7.98. The molecule has 3 N–H and O–H groups in total. The molecular formula is C8H15N2+. The van der Waals surface area contributed by atoms with Gasteiger partial charge in [-0.25, -0.2) is 0 Å². The van der Waals surface area contributed by atoms with Crippen molar-refractivity contribution in [2.24, 2.45) is 0 Å². The zero-order valence-electron chi connectivity index (χ0n) is 6.67. The lowest BCUT2D eigenvalue weighted by molar-refractivity contribution is -0.274. The van der Waals surface area contributed by atoms with Gasteiger partial charge >= 0.3 is 0 Å². The Morgan fingerprint density at radius 1 is 1.40 bits per heavy atom. The normalized spacial score (nSPS) is 11.1. The fourth-order valence-corrected chi connectivity index (χ4v) is 0.452. The Kier molecular flexibility index (Phi) is 4.33. The minimum atomic E-state index is 0.962. The molecule has 0 saturated heterocycles. The summed E-state index contributed by atoms with van der Waals surface area (Å²) in [6, 6.07) is 0. The lowest BCUT2D eigenvalue weighted by Gasteiger charge is -2.01. The van der Waals surface area contributed by atoms with Crippen LogP contribution in [0.1, 0.15) is 0 Å². The van der Waals surface area contributed by atoms with Crippen molar-refractivity contribution < 1.29 is 5.73 Å². The first-order chi connectivity index (χ1) is 4.66. The van der Waals surface area contributed by atoms with Gasteiger partial charge in [0.1, 0.15) is 0 Å². The third-order valence-electron chi connectivity index (χ3n) is 0.919. The smallest absolute Gasteiger partial charge is 0.0915 e. The molecule has 0 aliphatic carbocycles. The first-order valence-electron chi connectivity index (χ1n) is 3.16. The van der Waals surface area contributed by atoms with Crippen LogP contribution in [-0.4, -0.2) is 19.0 Å². The molecule has 0 aromatic carbocycles. The maximum absolute atomic E-state index is 3.78. The molecule has 10 heavy (non-hydrogen) atoms. The van der Waals surface area contributed by atoms with Gasteiger partial charge in [0.15, 0.2) is 0 Å². The summed E-state index contributed by atoms with van der Waals surface area (Å²) in [6.45, 7) is 3.78. The average molecular weight is 139 g/mol. The number of quaternary nitrogens is 1. The number of allylic oxidation sites excluding steroid dienone is 3. The monoisotopic (exact) mass is 139 g/mol. The van der Waals surface area contributed by atoms with Gasteiger partial charge in [-0.3, -0.25) is 0 Å². The van der Waals surface area contributed by atoms with E-state index in [-0.39, 0.29) is 0 Å².